The number of nitrogen functional groups attached to an aromatic ring is 1. The molecular weight excluding hydrogens is 298 g/mol. The van der Waals surface area contributed by atoms with Gasteiger partial charge >= 0.3 is 0 Å². The molecule has 1 aromatic heterocycles. The van der Waals surface area contributed by atoms with Crippen molar-refractivity contribution in [2.75, 3.05) is 18.5 Å². The van der Waals surface area contributed by atoms with Gasteiger partial charge in [0, 0.05) is 23.8 Å². The van der Waals surface area contributed by atoms with Crippen molar-refractivity contribution >= 4 is 27.7 Å². The standard InChI is InChI=1S/C11H14BrN5O/c1-2-17(5-3-4-13)11(18)9-6-8(12)7-15-10(9)16-14/h6-7H,2-3,5,14H2,1H3,(H,15,16). The number of hydrazine groups is 1. The van der Waals surface area contributed by atoms with Gasteiger partial charge in [0.1, 0.15) is 0 Å². The second kappa shape index (κ2) is 6.93. The number of nitrogens with two attached hydrogens (primary N) is 1. The Morgan fingerprint density at radius 1 is 1.72 bits per heavy atom. The third kappa shape index (κ3) is 3.42. The van der Waals surface area contributed by atoms with Crippen LogP contribution in [0.15, 0.2) is 16.7 Å². The maximum Gasteiger partial charge on any atom is 0.257 e. The van der Waals surface area contributed by atoms with Crippen molar-refractivity contribution in [2.45, 2.75) is 13.3 Å². The molecule has 18 heavy (non-hydrogen) atoms. The van der Waals surface area contributed by atoms with Crippen LogP contribution in [0.1, 0.15) is 23.7 Å². The van der Waals surface area contributed by atoms with Crippen molar-refractivity contribution in [3.63, 3.8) is 0 Å². The van der Waals surface area contributed by atoms with Gasteiger partial charge in [0.05, 0.1) is 18.1 Å². The van der Waals surface area contributed by atoms with Crippen LogP contribution in [-0.2, 0) is 0 Å². The number of carbonyl (C=O) groups is 1. The molecule has 0 atom stereocenters. The van der Waals surface area contributed by atoms with Crippen LogP contribution in [0, 0.1) is 11.3 Å². The van der Waals surface area contributed by atoms with Gasteiger partial charge in [-0.25, -0.2) is 10.8 Å². The summed E-state index contributed by atoms with van der Waals surface area (Å²) >= 11 is 3.26. The number of pyridine rings is 1. The minimum atomic E-state index is -0.200. The Morgan fingerprint density at radius 3 is 3.00 bits per heavy atom. The van der Waals surface area contributed by atoms with E-state index in [1.165, 1.54) is 0 Å². The fourth-order valence-corrected chi connectivity index (χ4v) is 1.81. The Hall–Kier alpha value is -1.65. The van der Waals surface area contributed by atoms with E-state index in [1.807, 2.05) is 13.0 Å². The predicted molar refractivity (Wildman–Crippen MR) is 71.6 cm³/mol. The van der Waals surface area contributed by atoms with Crippen LogP contribution in [0.2, 0.25) is 0 Å². The first-order valence-corrected chi connectivity index (χ1v) is 6.21. The summed E-state index contributed by atoms with van der Waals surface area (Å²) in [6.45, 7) is 2.77. The van der Waals surface area contributed by atoms with Gasteiger partial charge in [-0.1, -0.05) is 0 Å². The average molecular weight is 312 g/mol. The Balaban J connectivity index is 3.00. The quantitative estimate of drug-likeness (QED) is 0.635. The normalized spacial score (nSPS) is 9.67. The molecule has 1 aromatic rings. The highest BCUT2D eigenvalue weighted by atomic mass is 79.9. The monoisotopic (exact) mass is 311 g/mol. The van der Waals surface area contributed by atoms with Gasteiger partial charge in [-0.15, -0.1) is 0 Å². The van der Waals surface area contributed by atoms with E-state index < -0.39 is 0 Å². The number of aromatic nitrogens is 1. The minimum absolute atomic E-state index is 0.200. The van der Waals surface area contributed by atoms with Crippen LogP contribution in [0.5, 0.6) is 0 Å². The SMILES string of the molecule is CCN(CCC#N)C(=O)c1cc(Br)cnc1NN. The number of nitrogens with one attached hydrogen (secondary N) is 1. The summed E-state index contributed by atoms with van der Waals surface area (Å²) in [4.78, 5) is 17.9. The summed E-state index contributed by atoms with van der Waals surface area (Å²) in [6, 6.07) is 3.67. The molecule has 6 nitrogen and oxygen atoms in total. The molecule has 0 saturated heterocycles. The summed E-state index contributed by atoms with van der Waals surface area (Å²) in [5.41, 5.74) is 2.78. The zero-order valence-electron chi connectivity index (χ0n) is 9.98. The molecule has 0 fully saturated rings. The molecular formula is C11H14BrN5O. The summed E-state index contributed by atoms with van der Waals surface area (Å²) in [7, 11) is 0. The zero-order chi connectivity index (χ0) is 13.5. The van der Waals surface area contributed by atoms with Gasteiger partial charge in [-0.05, 0) is 28.9 Å². The van der Waals surface area contributed by atoms with E-state index in [0.717, 1.165) is 0 Å². The van der Waals surface area contributed by atoms with Gasteiger partial charge in [-0.2, -0.15) is 5.26 Å². The molecule has 1 heterocycles. The summed E-state index contributed by atoms with van der Waals surface area (Å²) < 4.78 is 0.696. The average Bonchev–Trinajstić information content (AvgIpc) is 2.39. The Labute approximate surface area is 114 Å². The lowest BCUT2D eigenvalue weighted by molar-refractivity contribution is 0.0768. The van der Waals surface area contributed by atoms with E-state index in [-0.39, 0.29) is 5.91 Å². The van der Waals surface area contributed by atoms with Gasteiger partial charge in [-0.3, -0.25) is 4.79 Å². The number of anilines is 1. The molecule has 0 spiro atoms. The number of halogens is 1. The number of hydrogen-bond acceptors (Lipinski definition) is 5. The lowest BCUT2D eigenvalue weighted by Crippen LogP contribution is -2.32. The number of rotatable bonds is 5. The van der Waals surface area contributed by atoms with Crippen LogP contribution in [0.25, 0.3) is 0 Å². The maximum atomic E-state index is 12.3. The predicted octanol–water partition coefficient (Wildman–Crippen LogP) is 1.51. The molecule has 96 valence electrons. The molecule has 0 radical (unpaired) electrons. The number of nitriles is 1. The topological polar surface area (TPSA) is 95.0 Å². The van der Waals surface area contributed by atoms with Crippen LogP contribution >= 0.6 is 15.9 Å². The van der Waals surface area contributed by atoms with Crippen molar-refractivity contribution in [3.8, 4) is 6.07 Å². The van der Waals surface area contributed by atoms with E-state index in [9.17, 15) is 4.79 Å². The van der Waals surface area contributed by atoms with Crippen molar-refractivity contribution in [2.24, 2.45) is 5.84 Å². The van der Waals surface area contributed by atoms with Gasteiger partial charge in [0.2, 0.25) is 0 Å². The third-order valence-corrected chi connectivity index (χ3v) is 2.82. The molecule has 0 aliphatic carbocycles. The zero-order valence-corrected chi connectivity index (χ0v) is 11.6. The third-order valence-electron chi connectivity index (χ3n) is 2.38. The largest absolute Gasteiger partial charge is 0.338 e. The highest BCUT2D eigenvalue weighted by Gasteiger charge is 2.18. The van der Waals surface area contributed by atoms with E-state index in [1.54, 1.807) is 17.2 Å². The Morgan fingerprint density at radius 2 is 2.44 bits per heavy atom. The fourth-order valence-electron chi connectivity index (χ4n) is 1.48. The van der Waals surface area contributed by atoms with Crippen molar-refractivity contribution in [1.82, 2.24) is 9.88 Å². The molecule has 0 saturated carbocycles. The van der Waals surface area contributed by atoms with Crippen LogP contribution in [0.4, 0.5) is 5.82 Å². The molecule has 1 amide bonds. The van der Waals surface area contributed by atoms with E-state index in [4.69, 9.17) is 11.1 Å². The molecule has 3 N–H and O–H groups in total. The van der Waals surface area contributed by atoms with Crippen LogP contribution < -0.4 is 11.3 Å². The Bertz CT molecular complexity index is 471. The van der Waals surface area contributed by atoms with E-state index in [2.05, 4.69) is 26.3 Å². The fraction of sp³-hybridized carbons (Fsp3) is 0.364. The second-order valence-electron chi connectivity index (χ2n) is 3.49. The second-order valence-corrected chi connectivity index (χ2v) is 4.40. The highest BCUT2D eigenvalue weighted by molar-refractivity contribution is 9.10. The van der Waals surface area contributed by atoms with Crippen LogP contribution in [-0.4, -0.2) is 28.9 Å². The maximum absolute atomic E-state index is 12.3. The van der Waals surface area contributed by atoms with Crippen LogP contribution in [0.3, 0.4) is 0 Å². The molecule has 0 unspecified atom stereocenters. The summed E-state index contributed by atoms with van der Waals surface area (Å²) in [6.07, 6.45) is 1.85. The molecule has 0 aliphatic rings. The number of hydrogen-bond donors (Lipinski definition) is 2. The smallest absolute Gasteiger partial charge is 0.257 e. The Kier molecular flexibility index (Phi) is 5.55. The number of nitrogens with zero attached hydrogens (tertiary/aromatic N) is 3. The van der Waals surface area contributed by atoms with Gasteiger partial charge in [0.25, 0.3) is 5.91 Å². The summed E-state index contributed by atoms with van der Waals surface area (Å²) in [5.74, 6) is 5.45. The lowest BCUT2D eigenvalue weighted by atomic mass is 10.2. The van der Waals surface area contributed by atoms with Gasteiger partial charge in [0.15, 0.2) is 5.82 Å². The number of carbonyl (C=O) groups excluding carboxylic acids is 1. The number of amides is 1. The van der Waals surface area contributed by atoms with Crippen molar-refractivity contribution < 1.29 is 4.79 Å². The van der Waals surface area contributed by atoms with E-state index >= 15 is 0 Å². The molecule has 0 aliphatic heterocycles. The lowest BCUT2D eigenvalue weighted by Gasteiger charge is -2.20. The minimum Gasteiger partial charge on any atom is -0.338 e. The first-order chi connectivity index (χ1) is 8.63. The highest BCUT2D eigenvalue weighted by Crippen LogP contribution is 2.19. The van der Waals surface area contributed by atoms with Gasteiger partial charge < -0.3 is 10.3 Å². The van der Waals surface area contributed by atoms with E-state index in [0.29, 0.717) is 35.4 Å². The molecule has 7 heteroatoms. The van der Waals surface area contributed by atoms with Crippen molar-refractivity contribution in [1.29, 1.82) is 5.26 Å². The van der Waals surface area contributed by atoms with Crippen molar-refractivity contribution in [3.05, 3.63) is 22.3 Å². The first-order valence-electron chi connectivity index (χ1n) is 5.42. The first kappa shape index (κ1) is 14.4. The molecule has 1 rings (SSSR count). The summed E-state index contributed by atoms with van der Waals surface area (Å²) in [5, 5.41) is 8.57. The molecule has 0 aromatic carbocycles. The molecule has 0 bridgehead atoms.